The van der Waals surface area contributed by atoms with Gasteiger partial charge in [-0.1, -0.05) is 12.8 Å². The Morgan fingerprint density at radius 1 is 1.29 bits per heavy atom. The molecule has 1 N–H and O–H groups in total. The van der Waals surface area contributed by atoms with E-state index in [1.165, 1.54) is 45.1 Å². The lowest BCUT2D eigenvalue weighted by Crippen LogP contribution is -2.57. The molecule has 1 saturated carbocycles. The van der Waals surface area contributed by atoms with E-state index in [1.54, 1.807) is 0 Å². The van der Waals surface area contributed by atoms with Crippen molar-refractivity contribution in [3.63, 3.8) is 0 Å². The quantitative estimate of drug-likeness (QED) is 0.753. The van der Waals surface area contributed by atoms with Crippen LogP contribution >= 0.6 is 0 Å². The van der Waals surface area contributed by atoms with Gasteiger partial charge in [0.25, 0.3) is 0 Å². The largest absolute Gasteiger partial charge is 0.375 e. The van der Waals surface area contributed by atoms with Crippen LogP contribution in [-0.4, -0.2) is 48.8 Å². The fourth-order valence-corrected chi connectivity index (χ4v) is 4.05. The summed E-state index contributed by atoms with van der Waals surface area (Å²) < 4.78 is 6.14. The van der Waals surface area contributed by atoms with Crippen LogP contribution in [0, 0.1) is 0 Å². The molecule has 3 fully saturated rings. The summed E-state index contributed by atoms with van der Waals surface area (Å²) in [5.41, 5.74) is 0.271. The van der Waals surface area contributed by atoms with Crippen LogP contribution in [0.1, 0.15) is 45.4 Å². The van der Waals surface area contributed by atoms with Crippen molar-refractivity contribution >= 4 is 0 Å². The Morgan fingerprint density at radius 2 is 2.12 bits per heavy atom. The van der Waals surface area contributed by atoms with Crippen LogP contribution in [0.2, 0.25) is 0 Å². The van der Waals surface area contributed by atoms with Gasteiger partial charge in [0.1, 0.15) is 0 Å². The van der Waals surface area contributed by atoms with Crippen molar-refractivity contribution in [1.29, 1.82) is 0 Å². The summed E-state index contributed by atoms with van der Waals surface area (Å²) >= 11 is 0. The molecule has 2 saturated heterocycles. The Bertz CT molecular complexity index is 263. The predicted octanol–water partition coefficient (Wildman–Crippen LogP) is 1.77. The Morgan fingerprint density at radius 3 is 2.88 bits per heavy atom. The number of nitrogens with one attached hydrogen (secondary N) is 1. The standard InChI is InChI=1S/C14H26N2O/c1-12-11-15-7-8-16(12)13-4-9-17-14(10-13)5-2-3-6-14/h12-13,15H,2-11H2,1H3/t12-,13?/m0/s1. The van der Waals surface area contributed by atoms with Gasteiger partial charge in [-0.3, -0.25) is 4.90 Å². The lowest BCUT2D eigenvalue weighted by atomic mass is 9.87. The van der Waals surface area contributed by atoms with Crippen LogP contribution in [0.25, 0.3) is 0 Å². The molecular formula is C14H26N2O. The summed E-state index contributed by atoms with van der Waals surface area (Å²) in [7, 11) is 0. The van der Waals surface area contributed by atoms with Crippen molar-refractivity contribution in [1.82, 2.24) is 10.2 Å². The van der Waals surface area contributed by atoms with Gasteiger partial charge in [0.2, 0.25) is 0 Å². The molecule has 1 aliphatic carbocycles. The van der Waals surface area contributed by atoms with Crippen LogP contribution in [-0.2, 0) is 4.74 Å². The molecule has 3 aliphatic rings. The molecule has 3 nitrogen and oxygen atoms in total. The highest BCUT2D eigenvalue weighted by atomic mass is 16.5. The van der Waals surface area contributed by atoms with Gasteiger partial charge in [0.15, 0.2) is 0 Å². The first-order valence-electron chi connectivity index (χ1n) is 7.40. The molecule has 2 aliphatic heterocycles. The van der Waals surface area contributed by atoms with E-state index in [2.05, 4.69) is 17.1 Å². The molecular weight excluding hydrogens is 212 g/mol. The van der Waals surface area contributed by atoms with E-state index in [9.17, 15) is 0 Å². The highest BCUT2D eigenvalue weighted by Crippen LogP contribution is 2.41. The fraction of sp³-hybridized carbons (Fsp3) is 1.00. The van der Waals surface area contributed by atoms with Crippen molar-refractivity contribution < 1.29 is 4.74 Å². The van der Waals surface area contributed by atoms with E-state index in [4.69, 9.17) is 4.74 Å². The highest BCUT2D eigenvalue weighted by molar-refractivity contribution is 4.96. The third kappa shape index (κ3) is 2.38. The minimum atomic E-state index is 0.271. The normalized spacial score (nSPS) is 38.6. The minimum Gasteiger partial charge on any atom is -0.375 e. The average Bonchev–Trinajstić information content (AvgIpc) is 2.78. The van der Waals surface area contributed by atoms with E-state index in [0.717, 1.165) is 25.7 Å². The maximum Gasteiger partial charge on any atom is 0.0697 e. The molecule has 98 valence electrons. The molecule has 0 amide bonds. The second kappa shape index (κ2) is 4.87. The van der Waals surface area contributed by atoms with Crippen LogP contribution < -0.4 is 5.32 Å². The van der Waals surface area contributed by atoms with Gasteiger partial charge in [-0.05, 0) is 32.6 Å². The molecule has 1 spiro atoms. The van der Waals surface area contributed by atoms with E-state index < -0.39 is 0 Å². The average molecular weight is 238 g/mol. The van der Waals surface area contributed by atoms with Gasteiger partial charge >= 0.3 is 0 Å². The van der Waals surface area contributed by atoms with Crippen LogP contribution in [0.15, 0.2) is 0 Å². The lowest BCUT2D eigenvalue weighted by molar-refractivity contribution is -0.107. The molecule has 0 bridgehead atoms. The smallest absolute Gasteiger partial charge is 0.0697 e. The molecule has 2 heterocycles. The third-order valence-corrected chi connectivity index (χ3v) is 5.00. The summed E-state index contributed by atoms with van der Waals surface area (Å²) in [5.74, 6) is 0. The van der Waals surface area contributed by atoms with E-state index in [0.29, 0.717) is 6.04 Å². The van der Waals surface area contributed by atoms with Gasteiger partial charge in [-0.15, -0.1) is 0 Å². The van der Waals surface area contributed by atoms with Crippen molar-refractivity contribution in [3.8, 4) is 0 Å². The number of rotatable bonds is 1. The highest BCUT2D eigenvalue weighted by Gasteiger charge is 2.42. The number of ether oxygens (including phenoxy) is 1. The van der Waals surface area contributed by atoms with E-state index >= 15 is 0 Å². The van der Waals surface area contributed by atoms with Gasteiger partial charge in [-0.25, -0.2) is 0 Å². The summed E-state index contributed by atoms with van der Waals surface area (Å²) in [4.78, 5) is 2.74. The first kappa shape index (κ1) is 11.9. The zero-order chi connectivity index (χ0) is 11.7. The fourth-order valence-electron chi connectivity index (χ4n) is 4.05. The molecule has 0 aromatic rings. The zero-order valence-electron chi connectivity index (χ0n) is 11.1. The number of nitrogens with zero attached hydrogens (tertiary/aromatic N) is 1. The van der Waals surface area contributed by atoms with Crippen molar-refractivity contribution in [2.24, 2.45) is 0 Å². The predicted molar refractivity (Wildman–Crippen MR) is 69.2 cm³/mol. The SMILES string of the molecule is C[C@H]1CNCCN1C1CCOC2(CCCC2)C1. The molecule has 17 heavy (non-hydrogen) atoms. The Hall–Kier alpha value is -0.120. The second-order valence-electron chi connectivity index (χ2n) is 6.18. The first-order valence-corrected chi connectivity index (χ1v) is 7.40. The molecule has 0 radical (unpaired) electrons. The molecule has 1 unspecified atom stereocenters. The van der Waals surface area contributed by atoms with Crippen LogP contribution in [0.3, 0.4) is 0 Å². The first-order chi connectivity index (χ1) is 8.29. The summed E-state index contributed by atoms with van der Waals surface area (Å²) in [6.45, 7) is 6.89. The summed E-state index contributed by atoms with van der Waals surface area (Å²) in [6.07, 6.45) is 7.91. The number of hydrogen-bond donors (Lipinski definition) is 1. The Balaban J connectivity index is 1.66. The maximum absolute atomic E-state index is 6.14. The second-order valence-corrected chi connectivity index (χ2v) is 6.18. The van der Waals surface area contributed by atoms with Gasteiger partial charge in [0.05, 0.1) is 5.60 Å². The maximum atomic E-state index is 6.14. The number of piperazine rings is 1. The third-order valence-electron chi connectivity index (χ3n) is 5.00. The summed E-state index contributed by atoms with van der Waals surface area (Å²) in [6, 6.07) is 1.48. The monoisotopic (exact) mass is 238 g/mol. The molecule has 2 atom stereocenters. The molecule has 3 rings (SSSR count). The molecule has 3 heteroatoms. The molecule has 0 aromatic carbocycles. The van der Waals surface area contributed by atoms with Gasteiger partial charge in [0, 0.05) is 38.3 Å². The Labute approximate surface area is 105 Å². The zero-order valence-corrected chi connectivity index (χ0v) is 11.1. The minimum absolute atomic E-state index is 0.271. The van der Waals surface area contributed by atoms with Crippen LogP contribution in [0.4, 0.5) is 0 Å². The molecule has 0 aromatic heterocycles. The number of hydrogen-bond acceptors (Lipinski definition) is 3. The van der Waals surface area contributed by atoms with Gasteiger partial charge < -0.3 is 10.1 Å². The van der Waals surface area contributed by atoms with E-state index in [-0.39, 0.29) is 5.60 Å². The van der Waals surface area contributed by atoms with Crippen molar-refractivity contribution in [2.75, 3.05) is 26.2 Å². The topological polar surface area (TPSA) is 24.5 Å². The Kier molecular flexibility index (Phi) is 3.42. The lowest BCUT2D eigenvalue weighted by Gasteiger charge is -2.46. The van der Waals surface area contributed by atoms with Crippen molar-refractivity contribution in [3.05, 3.63) is 0 Å². The van der Waals surface area contributed by atoms with E-state index in [1.807, 2.05) is 0 Å². The van der Waals surface area contributed by atoms with Crippen LogP contribution in [0.5, 0.6) is 0 Å². The van der Waals surface area contributed by atoms with Gasteiger partial charge in [-0.2, -0.15) is 0 Å². The summed E-state index contributed by atoms with van der Waals surface area (Å²) in [5, 5.41) is 3.49. The van der Waals surface area contributed by atoms with Crippen molar-refractivity contribution in [2.45, 2.75) is 63.1 Å².